The van der Waals surface area contributed by atoms with Gasteiger partial charge >= 0.3 is 6.36 Å². The first-order chi connectivity index (χ1) is 8.72. The Morgan fingerprint density at radius 3 is 2.21 bits per heavy atom. The molecule has 0 aliphatic heterocycles. The van der Waals surface area contributed by atoms with E-state index in [1.54, 1.807) is 12.1 Å². The molecule has 0 fully saturated rings. The summed E-state index contributed by atoms with van der Waals surface area (Å²) in [6.07, 6.45) is -4.06. The van der Waals surface area contributed by atoms with Crippen LogP contribution in [-0.2, 0) is 6.54 Å². The molecular weight excluding hydrogens is 259 g/mol. The standard InChI is InChI=1S/C13H18F3NO2/c1-12(2,7-8-18)17-9-10-3-5-11(6-4-10)19-13(14,15)16/h3-6,17-18H,7-9H2,1-2H3. The molecule has 0 aliphatic carbocycles. The lowest BCUT2D eigenvalue weighted by molar-refractivity contribution is -0.274. The summed E-state index contributed by atoms with van der Waals surface area (Å²) in [6, 6.07) is 5.71. The zero-order valence-corrected chi connectivity index (χ0v) is 10.9. The molecule has 1 aromatic carbocycles. The van der Waals surface area contributed by atoms with Gasteiger partial charge in [0, 0.05) is 18.7 Å². The maximum absolute atomic E-state index is 12.0. The quantitative estimate of drug-likeness (QED) is 0.840. The first-order valence-electron chi connectivity index (χ1n) is 5.92. The van der Waals surface area contributed by atoms with Crippen molar-refractivity contribution in [3.05, 3.63) is 29.8 Å². The van der Waals surface area contributed by atoms with Crippen LogP contribution >= 0.6 is 0 Å². The van der Waals surface area contributed by atoms with Gasteiger partial charge in [-0.15, -0.1) is 13.2 Å². The van der Waals surface area contributed by atoms with E-state index in [-0.39, 0.29) is 17.9 Å². The highest BCUT2D eigenvalue weighted by Gasteiger charge is 2.30. The smallest absolute Gasteiger partial charge is 0.406 e. The molecule has 0 atom stereocenters. The molecule has 1 rings (SSSR count). The number of halogens is 3. The minimum atomic E-state index is -4.66. The predicted molar refractivity (Wildman–Crippen MR) is 65.7 cm³/mol. The number of hydrogen-bond acceptors (Lipinski definition) is 3. The summed E-state index contributed by atoms with van der Waals surface area (Å²) in [6.45, 7) is 4.49. The maximum atomic E-state index is 12.0. The van der Waals surface area contributed by atoms with Crippen LogP contribution in [0.25, 0.3) is 0 Å². The molecule has 19 heavy (non-hydrogen) atoms. The van der Waals surface area contributed by atoms with Crippen LogP contribution in [0.5, 0.6) is 5.75 Å². The molecule has 0 aromatic heterocycles. The van der Waals surface area contributed by atoms with E-state index in [9.17, 15) is 13.2 Å². The molecule has 1 aromatic rings. The van der Waals surface area contributed by atoms with E-state index in [1.165, 1.54) is 12.1 Å². The van der Waals surface area contributed by atoms with Crippen molar-refractivity contribution in [2.45, 2.75) is 38.7 Å². The number of rotatable bonds is 6. The van der Waals surface area contributed by atoms with Gasteiger partial charge in [0.2, 0.25) is 0 Å². The summed E-state index contributed by atoms with van der Waals surface area (Å²) >= 11 is 0. The molecule has 0 saturated carbocycles. The van der Waals surface area contributed by atoms with Crippen molar-refractivity contribution in [2.75, 3.05) is 6.61 Å². The van der Waals surface area contributed by atoms with E-state index in [1.807, 2.05) is 13.8 Å². The zero-order valence-electron chi connectivity index (χ0n) is 10.9. The molecule has 0 unspecified atom stereocenters. The van der Waals surface area contributed by atoms with Crippen LogP contribution in [0.1, 0.15) is 25.8 Å². The third-order valence-electron chi connectivity index (χ3n) is 2.66. The van der Waals surface area contributed by atoms with E-state index >= 15 is 0 Å². The number of aliphatic hydroxyl groups is 1. The highest BCUT2D eigenvalue weighted by atomic mass is 19.4. The Labute approximate surface area is 110 Å². The first-order valence-corrected chi connectivity index (χ1v) is 5.92. The van der Waals surface area contributed by atoms with E-state index in [2.05, 4.69) is 10.1 Å². The van der Waals surface area contributed by atoms with Crippen LogP contribution in [0, 0.1) is 0 Å². The Morgan fingerprint density at radius 2 is 1.74 bits per heavy atom. The molecule has 0 bridgehead atoms. The minimum Gasteiger partial charge on any atom is -0.406 e. The highest BCUT2D eigenvalue weighted by Crippen LogP contribution is 2.22. The molecule has 6 heteroatoms. The molecule has 3 nitrogen and oxygen atoms in total. The largest absolute Gasteiger partial charge is 0.573 e. The number of alkyl halides is 3. The second kappa shape index (κ2) is 6.25. The Hall–Kier alpha value is -1.27. The molecule has 0 heterocycles. The predicted octanol–water partition coefficient (Wildman–Crippen LogP) is 2.84. The second-order valence-electron chi connectivity index (χ2n) is 4.90. The average Bonchev–Trinajstić information content (AvgIpc) is 2.26. The van der Waals surface area contributed by atoms with Crippen LogP contribution in [0.15, 0.2) is 24.3 Å². The van der Waals surface area contributed by atoms with E-state index in [0.717, 1.165) is 5.56 Å². The van der Waals surface area contributed by atoms with Crippen molar-refractivity contribution in [3.63, 3.8) is 0 Å². The third-order valence-corrected chi connectivity index (χ3v) is 2.66. The summed E-state index contributed by atoms with van der Waals surface area (Å²) in [5.41, 5.74) is 0.621. The van der Waals surface area contributed by atoms with Gasteiger partial charge in [-0.05, 0) is 38.0 Å². The van der Waals surface area contributed by atoms with E-state index < -0.39 is 6.36 Å². The number of nitrogens with one attached hydrogen (secondary N) is 1. The lowest BCUT2D eigenvalue weighted by atomic mass is 10.0. The van der Waals surface area contributed by atoms with E-state index in [0.29, 0.717) is 13.0 Å². The van der Waals surface area contributed by atoms with Crippen molar-refractivity contribution in [3.8, 4) is 5.75 Å². The fourth-order valence-electron chi connectivity index (χ4n) is 1.52. The summed E-state index contributed by atoms with van der Waals surface area (Å²) in [7, 11) is 0. The van der Waals surface area contributed by atoms with Gasteiger partial charge in [0.25, 0.3) is 0 Å². The van der Waals surface area contributed by atoms with Crippen molar-refractivity contribution in [1.82, 2.24) is 5.32 Å². The molecule has 0 radical (unpaired) electrons. The summed E-state index contributed by atoms with van der Waals surface area (Å²) < 4.78 is 39.7. The van der Waals surface area contributed by atoms with Crippen LogP contribution < -0.4 is 10.1 Å². The molecule has 108 valence electrons. The third kappa shape index (κ3) is 6.45. The monoisotopic (exact) mass is 277 g/mol. The fourth-order valence-corrected chi connectivity index (χ4v) is 1.52. The zero-order chi connectivity index (χ0) is 14.5. The van der Waals surface area contributed by atoms with Gasteiger partial charge in [0.05, 0.1) is 0 Å². The van der Waals surface area contributed by atoms with Crippen LogP contribution in [0.3, 0.4) is 0 Å². The van der Waals surface area contributed by atoms with Crippen LogP contribution in [-0.4, -0.2) is 23.6 Å². The lowest BCUT2D eigenvalue weighted by Gasteiger charge is -2.25. The summed E-state index contributed by atoms with van der Waals surface area (Å²) in [5.74, 6) is -0.231. The van der Waals surface area contributed by atoms with Gasteiger partial charge in [0.15, 0.2) is 0 Å². The Balaban J connectivity index is 2.53. The first kappa shape index (κ1) is 15.8. The van der Waals surface area contributed by atoms with Gasteiger partial charge < -0.3 is 15.2 Å². The van der Waals surface area contributed by atoms with Crippen LogP contribution in [0.2, 0.25) is 0 Å². The summed E-state index contributed by atoms with van der Waals surface area (Å²) in [4.78, 5) is 0. The Kier molecular flexibility index (Phi) is 5.20. The van der Waals surface area contributed by atoms with Gasteiger partial charge in [0.1, 0.15) is 5.75 Å². The van der Waals surface area contributed by atoms with E-state index in [4.69, 9.17) is 5.11 Å². The summed E-state index contributed by atoms with van der Waals surface area (Å²) in [5, 5.41) is 12.1. The second-order valence-corrected chi connectivity index (χ2v) is 4.90. The minimum absolute atomic E-state index is 0.0817. The molecular formula is C13H18F3NO2. The van der Waals surface area contributed by atoms with Crippen molar-refractivity contribution >= 4 is 0 Å². The fraction of sp³-hybridized carbons (Fsp3) is 0.538. The van der Waals surface area contributed by atoms with Crippen LogP contribution in [0.4, 0.5) is 13.2 Å². The normalized spacial score (nSPS) is 12.5. The van der Waals surface area contributed by atoms with Gasteiger partial charge in [-0.2, -0.15) is 0 Å². The Morgan fingerprint density at radius 1 is 1.16 bits per heavy atom. The highest BCUT2D eigenvalue weighted by molar-refractivity contribution is 5.27. The van der Waals surface area contributed by atoms with Crippen molar-refractivity contribution < 1.29 is 23.0 Å². The number of benzene rings is 1. The molecule has 0 saturated heterocycles. The van der Waals surface area contributed by atoms with Gasteiger partial charge in [-0.1, -0.05) is 12.1 Å². The average molecular weight is 277 g/mol. The Bertz CT molecular complexity index is 388. The number of hydrogen-bond donors (Lipinski definition) is 2. The lowest BCUT2D eigenvalue weighted by Crippen LogP contribution is -2.39. The number of ether oxygens (including phenoxy) is 1. The molecule has 0 spiro atoms. The molecule has 0 amide bonds. The van der Waals surface area contributed by atoms with Crippen molar-refractivity contribution in [1.29, 1.82) is 0 Å². The van der Waals surface area contributed by atoms with Gasteiger partial charge in [-0.3, -0.25) is 0 Å². The van der Waals surface area contributed by atoms with Crippen molar-refractivity contribution in [2.24, 2.45) is 0 Å². The van der Waals surface area contributed by atoms with Gasteiger partial charge in [-0.25, -0.2) is 0 Å². The molecule has 0 aliphatic rings. The molecule has 2 N–H and O–H groups in total. The SMILES string of the molecule is CC(C)(CCO)NCc1ccc(OC(F)(F)F)cc1. The maximum Gasteiger partial charge on any atom is 0.573 e. The number of aliphatic hydroxyl groups excluding tert-OH is 1. The topological polar surface area (TPSA) is 41.5 Å².